The van der Waals surface area contributed by atoms with Crippen LogP contribution in [0.2, 0.25) is 0 Å². The maximum Gasteiger partial charge on any atom is 0.408 e. The second kappa shape index (κ2) is 21.2. The molecule has 0 saturated heterocycles. The van der Waals surface area contributed by atoms with E-state index in [4.69, 9.17) is 28.4 Å². The number of nitrogens with zero attached hydrogens (tertiary/aromatic N) is 5. The van der Waals surface area contributed by atoms with Crippen molar-refractivity contribution < 1.29 is 62.6 Å². The summed E-state index contributed by atoms with van der Waals surface area (Å²) in [5.41, 5.74) is 7.26. The van der Waals surface area contributed by atoms with E-state index in [0.717, 1.165) is 49.1 Å². The Kier molecular flexibility index (Phi) is 14.4. The van der Waals surface area contributed by atoms with Crippen LogP contribution < -0.4 is 39.1 Å². The number of anilines is 1. The molecule has 0 fully saturated rings. The fourth-order valence-electron chi connectivity index (χ4n) is 10.0. The van der Waals surface area contributed by atoms with Crippen LogP contribution in [-0.4, -0.2) is 117 Å². The van der Waals surface area contributed by atoms with Crippen molar-refractivity contribution in [2.45, 2.75) is 65.2 Å². The Labute approximate surface area is 422 Å². The van der Waals surface area contributed by atoms with Gasteiger partial charge < -0.3 is 58.5 Å². The van der Waals surface area contributed by atoms with E-state index in [1.165, 1.54) is 24.0 Å². The fourth-order valence-corrected chi connectivity index (χ4v) is 10.0. The van der Waals surface area contributed by atoms with E-state index in [9.17, 15) is 29.9 Å². The number of carbonyl (C=O) groups excluding carboxylic acids is 2. The minimum atomic E-state index is -1.26. The number of allylic oxidation sites excluding steroid dienone is 8. The summed E-state index contributed by atoms with van der Waals surface area (Å²) in [6.45, 7) is 10.5. The zero-order chi connectivity index (χ0) is 51.5. The molecule has 9 rings (SSSR count). The summed E-state index contributed by atoms with van der Waals surface area (Å²) >= 11 is 0. The van der Waals surface area contributed by atoms with E-state index in [1.807, 2.05) is 76.2 Å². The van der Waals surface area contributed by atoms with Gasteiger partial charge in [0.05, 0.1) is 51.7 Å². The molecule has 73 heavy (non-hydrogen) atoms. The number of carbonyl (C=O) groups is 3. The minimum absolute atomic E-state index is 0.0284. The standard InChI is InChI=1S/C54H59N7O12/c1-7-19-59(54(64)65)49(32(2)3)53(63)55-33(4)52(62)56-40-14-9-34(10-15-40)35-11-16-41-38(22-35)25-57-29-47(50(68-5)43(57)27-60(41)66)70-20-8-21-71-48-30-58-26-39-23-36(37-13-18-45-46(24-37)73-31-72-45)12-17-42(39)61(67)28-44(58)51(48)69-6/h7,9-18,24,27-30,32-33,38-39,49H,1,8,19-23,25-26,31H2,2-6H3,(H3-,55,56,62,63,64,65,67)/p+1. The molecule has 0 radical (unpaired) electrons. The molecule has 0 bridgehead atoms. The molecule has 3 amide bonds. The lowest BCUT2D eigenvalue weighted by Crippen LogP contribution is -2.55. The van der Waals surface area contributed by atoms with Gasteiger partial charge in [-0.2, -0.15) is 4.74 Å². The molecule has 2 aromatic heterocycles. The molecule has 5 aliphatic rings. The number of carboxylic acid groups (broad SMARTS) is 1. The van der Waals surface area contributed by atoms with Gasteiger partial charge >= 0.3 is 6.09 Å². The second-order valence-corrected chi connectivity index (χ2v) is 18.8. The molecule has 4 aromatic rings. The van der Waals surface area contributed by atoms with Crippen molar-refractivity contribution in [2.24, 2.45) is 17.8 Å². The number of amides is 3. The first-order chi connectivity index (χ1) is 35.2. The molecule has 19 nitrogen and oxygen atoms in total. The number of hydrogen-bond donors (Lipinski definition) is 4. The number of fused-ring (bicyclic) bond motifs is 5. The molecule has 0 spiro atoms. The smallest absolute Gasteiger partial charge is 0.408 e. The maximum absolute atomic E-state index is 13.6. The summed E-state index contributed by atoms with van der Waals surface area (Å²) in [6.07, 6.45) is 16.6. The SMILES string of the molecule is C=CCN(C(=O)O)C(C(=O)NC(C)C(=O)Nc1ccc(C2=CC=C3C(C2)Cn2cc(OCCCOc4cn5c(c4OC)C=[N+](O)C4=CC=C(c6ccc7c(c6)OCO7)CC4C5)c(OC)c2C=[N+]3[O-])cc1)C(C)C. The Balaban J connectivity index is 0.788. The normalized spacial score (nSPS) is 18.2. The number of aromatic nitrogens is 2. The largest absolute Gasteiger partial charge is 0.618 e. The van der Waals surface area contributed by atoms with Crippen LogP contribution in [0.25, 0.3) is 11.1 Å². The molecule has 4 unspecified atom stereocenters. The van der Waals surface area contributed by atoms with Gasteiger partial charge in [-0.25, -0.2) is 4.79 Å². The van der Waals surface area contributed by atoms with Gasteiger partial charge in [-0.3, -0.25) is 19.7 Å². The third-order valence-corrected chi connectivity index (χ3v) is 13.6. The first kappa shape index (κ1) is 49.6. The van der Waals surface area contributed by atoms with Gasteiger partial charge in [-0.15, -0.1) is 6.58 Å². The third-order valence-electron chi connectivity index (χ3n) is 13.6. The average molecular weight is 999 g/mol. The van der Waals surface area contributed by atoms with Crippen LogP contribution in [0.15, 0.2) is 103 Å². The second-order valence-electron chi connectivity index (χ2n) is 18.8. The zero-order valence-electron chi connectivity index (χ0n) is 41.4. The Bertz CT molecular complexity index is 3010. The van der Waals surface area contributed by atoms with E-state index >= 15 is 0 Å². The van der Waals surface area contributed by atoms with E-state index in [2.05, 4.69) is 17.2 Å². The van der Waals surface area contributed by atoms with Crippen LogP contribution in [0.5, 0.6) is 34.5 Å². The monoisotopic (exact) mass is 998 g/mol. The van der Waals surface area contributed by atoms with Gasteiger partial charge in [0.1, 0.15) is 12.1 Å². The fraction of sp³-hybridized carbons (Fsp3) is 0.352. The summed E-state index contributed by atoms with van der Waals surface area (Å²) in [5.74, 6) is 1.86. The number of hydroxylamine groups is 2. The quantitative estimate of drug-likeness (QED) is 0.0255. The minimum Gasteiger partial charge on any atom is -0.618 e. The van der Waals surface area contributed by atoms with E-state index < -0.39 is 30.0 Å². The molecule has 3 aliphatic heterocycles. The molecule has 4 atom stereocenters. The van der Waals surface area contributed by atoms with Crippen LogP contribution in [0.3, 0.4) is 0 Å². The van der Waals surface area contributed by atoms with Gasteiger partial charge in [0.25, 0.3) is 0 Å². The first-order valence-corrected chi connectivity index (χ1v) is 24.2. The summed E-state index contributed by atoms with van der Waals surface area (Å²) in [6, 6.07) is 11.3. The van der Waals surface area contributed by atoms with Crippen molar-refractivity contribution in [3.63, 3.8) is 0 Å². The predicted octanol–water partition coefficient (Wildman–Crippen LogP) is 7.27. The van der Waals surface area contributed by atoms with Crippen LogP contribution in [0.1, 0.15) is 62.5 Å². The Morgan fingerprint density at radius 1 is 0.836 bits per heavy atom. The maximum atomic E-state index is 13.6. The van der Waals surface area contributed by atoms with Crippen LogP contribution >= 0.6 is 0 Å². The van der Waals surface area contributed by atoms with Crippen molar-refractivity contribution in [3.8, 4) is 34.5 Å². The molecule has 4 N–H and O–H groups in total. The Morgan fingerprint density at radius 2 is 1.42 bits per heavy atom. The molecular weight excluding hydrogens is 939 g/mol. The van der Waals surface area contributed by atoms with E-state index in [0.29, 0.717) is 91.3 Å². The van der Waals surface area contributed by atoms with E-state index in [1.54, 1.807) is 46.4 Å². The number of nitrogens with one attached hydrogen (secondary N) is 2. The molecular formula is C54H60N7O12+. The van der Waals surface area contributed by atoms with Gasteiger partial charge in [0, 0.05) is 48.6 Å². The van der Waals surface area contributed by atoms with Crippen molar-refractivity contribution in [1.29, 1.82) is 0 Å². The summed E-state index contributed by atoms with van der Waals surface area (Å²) < 4.78 is 41.4. The number of ether oxygens (including phenoxy) is 6. The molecule has 2 aromatic carbocycles. The highest BCUT2D eigenvalue weighted by atomic mass is 16.7. The van der Waals surface area contributed by atoms with Gasteiger partial charge in [0.2, 0.25) is 36.7 Å². The lowest BCUT2D eigenvalue weighted by Gasteiger charge is -2.31. The topological polar surface area (TPSA) is 213 Å². The number of benzene rings is 2. The summed E-state index contributed by atoms with van der Waals surface area (Å²) in [5, 5.41) is 40.0. The third kappa shape index (κ3) is 10.2. The van der Waals surface area contributed by atoms with Crippen LogP contribution in [0, 0.1) is 23.0 Å². The Morgan fingerprint density at radius 3 is 2.04 bits per heavy atom. The highest BCUT2D eigenvalue weighted by molar-refractivity contribution is 5.98. The van der Waals surface area contributed by atoms with Gasteiger partial charge in [-0.1, -0.05) is 50.3 Å². The van der Waals surface area contributed by atoms with Gasteiger partial charge in [0.15, 0.2) is 51.6 Å². The lowest BCUT2D eigenvalue weighted by molar-refractivity contribution is -0.738. The van der Waals surface area contributed by atoms with Crippen LogP contribution in [0.4, 0.5) is 10.5 Å². The predicted molar refractivity (Wildman–Crippen MR) is 271 cm³/mol. The zero-order valence-corrected chi connectivity index (χ0v) is 41.4. The van der Waals surface area contributed by atoms with Crippen molar-refractivity contribution in [2.75, 3.05) is 46.1 Å². The summed E-state index contributed by atoms with van der Waals surface area (Å²) in [4.78, 5) is 39.2. The molecule has 19 heteroatoms. The highest BCUT2D eigenvalue weighted by Gasteiger charge is 2.37. The Hall–Kier alpha value is -8.35. The number of hydrogen-bond acceptors (Lipinski definition) is 11. The van der Waals surface area contributed by atoms with Crippen LogP contribution in [-0.2, 0) is 22.7 Å². The molecule has 5 heterocycles. The lowest BCUT2D eigenvalue weighted by atomic mass is 9.87. The highest BCUT2D eigenvalue weighted by Crippen LogP contribution is 2.42. The van der Waals surface area contributed by atoms with Crippen molar-refractivity contribution in [1.82, 2.24) is 19.4 Å². The van der Waals surface area contributed by atoms with E-state index in [-0.39, 0.29) is 31.1 Å². The molecule has 382 valence electrons. The average Bonchev–Trinajstić information content (AvgIpc) is 4.02. The molecule has 0 saturated carbocycles. The summed E-state index contributed by atoms with van der Waals surface area (Å²) in [7, 11) is 3.13. The number of rotatable bonds is 18. The van der Waals surface area contributed by atoms with Crippen molar-refractivity contribution >= 4 is 47.2 Å². The number of methoxy groups -OCH3 is 2. The van der Waals surface area contributed by atoms with Crippen molar-refractivity contribution in [3.05, 3.63) is 131 Å². The van der Waals surface area contributed by atoms with Gasteiger partial charge in [-0.05, 0) is 72.2 Å². The molecule has 2 aliphatic carbocycles. The first-order valence-electron chi connectivity index (χ1n) is 24.2.